The van der Waals surface area contributed by atoms with Gasteiger partial charge in [0.2, 0.25) is 0 Å². The number of hydrogen-bond donors (Lipinski definition) is 1. The highest BCUT2D eigenvalue weighted by Crippen LogP contribution is 2.14. The van der Waals surface area contributed by atoms with E-state index in [0.717, 1.165) is 18.5 Å². The Morgan fingerprint density at radius 1 is 1.38 bits per heavy atom. The lowest BCUT2D eigenvalue weighted by molar-refractivity contribution is 0.0265. The number of nitrogens with two attached hydrogens (primary N) is 1. The molecule has 0 radical (unpaired) electrons. The number of cyclic esters (lactones) is 1. The van der Waals surface area contributed by atoms with Crippen molar-refractivity contribution >= 4 is 6.09 Å². The van der Waals surface area contributed by atoms with Crippen molar-refractivity contribution in [3.63, 3.8) is 0 Å². The number of ether oxygens (including phenoxy) is 1. The summed E-state index contributed by atoms with van der Waals surface area (Å²) in [5, 5.41) is 0. The molecule has 4 heteroatoms. The molecule has 1 atom stereocenters. The first-order chi connectivity index (χ1) is 7.79. The minimum Gasteiger partial charge on any atom is -0.445 e. The molecule has 1 amide bonds. The molecule has 1 aliphatic rings. The molecule has 16 heavy (non-hydrogen) atoms. The van der Waals surface area contributed by atoms with E-state index in [0.29, 0.717) is 13.1 Å². The highest BCUT2D eigenvalue weighted by atomic mass is 16.6. The second kappa shape index (κ2) is 4.99. The van der Waals surface area contributed by atoms with Crippen LogP contribution in [0.3, 0.4) is 0 Å². The minimum atomic E-state index is -0.259. The summed E-state index contributed by atoms with van der Waals surface area (Å²) in [6, 6.07) is 9.90. The van der Waals surface area contributed by atoms with Crippen LogP contribution >= 0.6 is 0 Å². The van der Waals surface area contributed by atoms with E-state index in [2.05, 4.69) is 0 Å². The van der Waals surface area contributed by atoms with Crippen LogP contribution < -0.4 is 5.73 Å². The van der Waals surface area contributed by atoms with Gasteiger partial charge in [-0.15, -0.1) is 0 Å². The zero-order valence-corrected chi connectivity index (χ0v) is 9.13. The number of amides is 1. The van der Waals surface area contributed by atoms with Crippen LogP contribution in [0.5, 0.6) is 0 Å². The predicted molar refractivity (Wildman–Crippen MR) is 60.8 cm³/mol. The van der Waals surface area contributed by atoms with Crippen molar-refractivity contribution in [2.24, 2.45) is 5.73 Å². The van der Waals surface area contributed by atoms with Gasteiger partial charge in [-0.3, -0.25) is 0 Å². The molecule has 1 saturated heterocycles. The summed E-state index contributed by atoms with van der Waals surface area (Å²) in [4.78, 5) is 13.3. The maximum atomic E-state index is 11.6. The molecule has 1 aromatic rings. The summed E-state index contributed by atoms with van der Waals surface area (Å²) < 4.78 is 5.18. The van der Waals surface area contributed by atoms with Gasteiger partial charge < -0.3 is 15.4 Å². The molecule has 1 fully saturated rings. The van der Waals surface area contributed by atoms with Crippen LogP contribution in [0.2, 0.25) is 0 Å². The van der Waals surface area contributed by atoms with Crippen LogP contribution in [0, 0.1) is 0 Å². The summed E-state index contributed by atoms with van der Waals surface area (Å²) in [5.74, 6) is 0. The van der Waals surface area contributed by atoms with Crippen LogP contribution in [0.25, 0.3) is 0 Å². The zero-order chi connectivity index (χ0) is 11.4. The summed E-state index contributed by atoms with van der Waals surface area (Å²) in [6.45, 7) is 1.73. The van der Waals surface area contributed by atoms with Gasteiger partial charge in [-0.2, -0.15) is 0 Å². The van der Waals surface area contributed by atoms with E-state index >= 15 is 0 Å². The first-order valence-corrected chi connectivity index (χ1v) is 5.49. The lowest BCUT2D eigenvalue weighted by Crippen LogP contribution is -2.43. The van der Waals surface area contributed by atoms with Gasteiger partial charge in [0, 0.05) is 26.1 Å². The molecule has 1 aromatic carbocycles. The van der Waals surface area contributed by atoms with Crippen molar-refractivity contribution in [3.8, 4) is 0 Å². The second-order valence-electron chi connectivity index (χ2n) is 3.94. The van der Waals surface area contributed by atoms with Gasteiger partial charge in [0.05, 0.1) is 0 Å². The summed E-state index contributed by atoms with van der Waals surface area (Å²) >= 11 is 0. The maximum Gasteiger partial charge on any atom is 0.410 e. The normalized spacial score (nSPS) is 20.7. The lowest BCUT2D eigenvalue weighted by Gasteiger charge is -2.31. The van der Waals surface area contributed by atoms with E-state index < -0.39 is 0 Å². The van der Waals surface area contributed by atoms with Crippen LogP contribution in [-0.4, -0.2) is 30.2 Å². The first kappa shape index (κ1) is 11.0. The largest absolute Gasteiger partial charge is 0.445 e. The van der Waals surface area contributed by atoms with Gasteiger partial charge in [0.15, 0.2) is 0 Å². The lowest BCUT2D eigenvalue weighted by atomic mass is 10.2. The van der Waals surface area contributed by atoms with Crippen molar-refractivity contribution in [1.82, 2.24) is 4.90 Å². The van der Waals surface area contributed by atoms with Gasteiger partial charge in [-0.25, -0.2) is 4.79 Å². The second-order valence-corrected chi connectivity index (χ2v) is 3.94. The van der Waals surface area contributed by atoms with Crippen molar-refractivity contribution in [3.05, 3.63) is 35.9 Å². The molecular formula is C12H16N2O2. The van der Waals surface area contributed by atoms with Gasteiger partial charge >= 0.3 is 6.09 Å². The molecule has 1 unspecified atom stereocenters. The van der Waals surface area contributed by atoms with Gasteiger partial charge in [0.1, 0.15) is 6.10 Å². The summed E-state index contributed by atoms with van der Waals surface area (Å²) in [7, 11) is 0. The summed E-state index contributed by atoms with van der Waals surface area (Å²) in [6.07, 6.45) is 0.444. The molecule has 86 valence electrons. The number of hydrogen-bond acceptors (Lipinski definition) is 3. The smallest absolute Gasteiger partial charge is 0.410 e. The van der Waals surface area contributed by atoms with Crippen molar-refractivity contribution in [1.29, 1.82) is 0 Å². The Balaban J connectivity index is 1.94. The van der Waals surface area contributed by atoms with Crippen molar-refractivity contribution < 1.29 is 9.53 Å². The monoisotopic (exact) mass is 220 g/mol. The standard InChI is InChI=1S/C12H16N2O2/c13-8-11-6-7-14(12(15)16-11)9-10-4-2-1-3-5-10/h1-5,11H,6-9,13H2. The fourth-order valence-corrected chi connectivity index (χ4v) is 1.78. The minimum absolute atomic E-state index is 0.112. The first-order valence-electron chi connectivity index (χ1n) is 5.49. The fourth-order valence-electron chi connectivity index (χ4n) is 1.78. The molecule has 4 nitrogen and oxygen atoms in total. The van der Waals surface area contributed by atoms with E-state index in [9.17, 15) is 4.79 Å². The van der Waals surface area contributed by atoms with E-state index in [1.54, 1.807) is 4.90 Å². The van der Waals surface area contributed by atoms with E-state index in [1.165, 1.54) is 0 Å². The molecule has 0 aliphatic carbocycles. The fraction of sp³-hybridized carbons (Fsp3) is 0.417. The molecule has 2 N–H and O–H groups in total. The van der Waals surface area contributed by atoms with Crippen molar-refractivity contribution in [2.45, 2.75) is 19.1 Å². The number of carbonyl (C=O) groups is 1. The predicted octanol–water partition coefficient (Wildman–Crippen LogP) is 1.36. The average Bonchev–Trinajstić information content (AvgIpc) is 2.33. The number of nitrogens with zero attached hydrogens (tertiary/aromatic N) is 1. The van der Waals surface area contributed by atoms with Crippen LogP contribution in [-0.2, 0) is 11.3 Å². The summed E-state index contributed by atoms with van der Waals surface area (Å²) in [5.41, 5.74) is 6.58. The highest BCUT2D eigenvalue weighted by Gasteiger charge is 2.25. The Kier molecular flexibility index (Phi) is 3.41. The number of carbonyl (C=O) groups excluding carboxylic acids is 1. The molecule has 0 aromatic heterocycles. The Morgan fingerprint density at radius 2 is 2.12 bits per heavy atom. The molecule has 0 spiro atoms. The quantitative estimate of drug-likeness (QED) is 0.836. The Labute approximate surface area is 95.0 Å². The topological polar surface area (TPSA) is 55.6 Å². The van der Waals surface area contributed by atoms with E-state index in [4.69, 9.17) is 10.5 Å². The molecular weight excluding hydrogens is 204 g/mol. The molecule has 0 saturated carbocycles. The number of rotatable bonds is 3. The average molecular weight is 220 g/mol. The molecule has 0 bridgehead atoms. The Morgan fingerprint density at radius 3 is 2.75 bits per heavy atom. The molecule has 1 heterocycles. The van der Waals surface area contributed by atoms with Crippen LogP contribution in [0.15, 0.2) is 30.3 Å². The van der Waals surface area contributed by atoms with Crippen molar-refractivity contribution in [2.75, 3.05) is 13.1 Å². The third kappa shape index (κ3) is 2.52. The molecule has 2 rings (SSSR count). The Hall–Kier alpha value is -1.55. The van der Waals surface area contributed by atoms with E-state index in [1.807, 2.05) is 30.3 Å². The third-order valence-corrected chi connectivity index (χ3v) is 2.73. The zero-order valence-electron chi connectivity index (χ0n) is 9.13. The van der Waals surface area contributed by atoms with Crippen LogP contribution in [0.1, 0.15) is 12.0 Å². The number of benzene rings is 1. The molecule has 1 aliphatic heterocycles. The van der Waals surface area contributed by atoms with Gasteiger partial charge in [0.25, 0.3) is 0 Å². The van der Waals surface area contributed by atoms with Gasteiger partial charge in [-0.05, 0) is 5.56 Å². The van der Waals surface area contributed by atoms with Crippen LogP contribution in [0.4, 0.5) is 4.79 Å². The van der Waals surface area contributed by atoms with Gasteiger partial charge in [-0.1, -0.05) is 30.3 Å². The SMILES string of the molecule is NCC1CCN(Cc2ccccc2)C(=O)O1. The highest BCUT2D eigenvalue weighted by molar-refractivity contribution is 5.68. The third-order valence-electron chi connectivity index (χ3n) is 2.73. The van der Waals surface area contributed by atoms with E-state index in [-0.39, 0.29) is 12.2 Å². The Bertz CT molecular complexity index is 353. The maximum absolute atomic E-state index is 11.6.